The molecule has 1 aromatic heterocycles. The predicted molar refractivity (Wildman–Crippen MR) is 59.6 cm³/mol. The number of hydrogen-bond donors (Lipinski definition) is 1. The average Bonchev–Trinajstić information content (AvgIpc) is 2.65. The first-order valence-electron chi connectivity index (χ1n) is 4.67. The molecule has 2 rings (SSSR count). The van der Waals surface area contributed by atoms with Gasteiger partial charge in [0.15, 0.2) is 0 Å². The van der Waals surface area contributed by atoms with E-state index < -0.39 is 0 Å². The van der Waals surface area contributed by atoms with Gasteiger partial charge in [0.2, 0.25) is 0 Å². The molecule has 0 radical (unpaired) electrons. The second-order valence-corrected chi connectivity index (χ2v) is 3.39. The SMILES string of the molecule is Cc1cccc(N)c1-n1cccc1C#N. The largest absolute Gasteiger partial charge is 0.397 e. The zero-order valence-electron chi connectivity index (χ0n) is 8.44. The van der Waals surface area contributed by atoms with Gasteiger partial charge >= 0.3 is 0 Å². The molecular formula is C12H11N3. The van der Waals surface area contributed by atoms with Crippen LogP contribution in [0.3, 0.4) is 0 Å². The van der Waals surface area contributed by atoms with E-state index in [4.69, 9.17) is 11.0 Å². The molecule has 0 bridgehead atoms. The Kier molecular flexibility index (Phi) is 2.18. The number of para-hydroxylation sites is 1. The van der Waals surface area contributed by atoms with Crippen LogP contribution in [0.1, 0.15) is 11.3 Å². The van der Waals surface area contributed by atoms with E-state index in [9.17, 15) is 0 Å². The number of hydrogen-bond acceptors (Lipinski definition) is 2. The van der Waals surface area contributed by atoms with E-state index in [0.29, 0.717) is 11.4 Å². The van der Waals surface area contributed by atoms with Crippen molar-refractivity contribution in [2.45, 2.75) is 6.92 Å². The molecule has 0 saturated carbocycles. The molecule has 0 aliphatic rings. The molecule has 2 aromatic rings. The Morgan fingerprint density at radius 1 is 1.27 bits per heavy atom. The molecule has 15 heavy (non-hydrogen) atoms. The fraction of sp³-hybridized carbons (Fsp3) is 0.0833. The number of benzene rings is 1. The van der Waals surface area contributed by atoms with Crippen LogP contribution >= 0.6 is 0 Å². The van der Waals surface area contributed by atoms with Crippen molar-refractivity contribution in [1.82, 2.24) is 4.57 Å². The summed E-state index contributed by atoms with van der Waals surface area (Å²) in [7, 11) is 0. The van der Waals surface area contributed by atoms with Crippen molar-refractivity contribution in [1.29, 1.82) is 5.26 Å². The molecule has 0 saturated heterocycles. The maximum atomic E-state index is 8.94. The summed E-state index contributed by atoms with van der Waals surface area (Å²) in [4.78, 5) is 0. The van der Waals surface area contributed by atoms with E-state index in [2.05, 4.69) is 6.07 Å². The van der Waals surface area contributed by atoms with Crippen LogP contribution in [0.2, 0.25) is 0 Å². The Morgan fingerprint density at radius 2 is 2.07 bits per heavy atom. The van der Waals surface area contributed by atoms with Crippen LogP contribution in [0.15, 0.2) is 36.5 Å². The van der Waals surface area contributed by atoms with Crippen molar-refractivity contribution in [2.24, 2.45) is 0 Å². The van der Waals surface area contributed by atoms with Crippen LogP contribution in [-0.2, 0) is 0 Å². The number of rotatable bonds is 1. The van der Waals surface area contributed by atoms with Crippen molar-refractivity contribution in [3.63, 3.8) is 0 Å². The summed E-state index contributed by atoms with van der Waals surface area (Å²) in [6.45, 7) is 1.98. The lowest BCUT2D eigenvalue weighted by atomic mass is 10.1. The molecule has 1 heterocycles. The molecule has 0 amide bonds. The molecule has 74 valence electrons. The van der Waals surface area contributed by atoms with Crippen molar-refractivity contribution in [2.75, 3.05) is 5.73 Å². The van der Waals surface area contributed by atoms with Crippen molar-refractivity contribution < 1.29 is 0 Å². The highest BCUT2D eigenvalue weighted by Crippen LogP contribution is 2.22. The van der Waals surface area contributed by atoms with Gasteiger partial charge in [-0.05, 0) is 30.7 Å². The van der Waals surface area contributed by atoms with Gasteiger partial charge in [-0.15, -0.1) is 0 Å². The standard InChI is InChI=1S/C12H11N3/c1-9-4-2-6-11(14)12(9)15-7-3-5-10(15)8-13/h2-7H,14H2,1H3. The summed E-state index contributed by atoms with van der Waals surface area (Å²) >= 11 is 0. The van der Waals surface area contributed by atoms with E-state index >= 15 is 0 Å². The zero-order valence-corrected chi connectivity index (χ0v) is 8.44. The summed E-state index contributed by atoms with van der Waals surface area (Å²) in [5.74, 6) is 0. The van der Waals surface area contributed by atoms with Crippen LogP contribution in [0.5, 0.6) is 0 Å². The van der Waals surface area contributed by atoms with Gasteiger partial charge in [-0.1, -0.05) is 12.1 Å². The van der Waals surface area contributed by atoms with Crippen LogP contribution in [0, 0.1) is 18.3 Å². The minimum Gasteiger partial charge on any atom is -0.397 e. The summed E-state index contributed by atoms with van der Waals surface area (Å²) in [5, 5.41) is 8.94. The summed E-state index contributed by atoms with van der Waals surface area (Å²) in [6.07, 6.45) is 1.84. The lowest BCUT2D eigenvalue weighted by molar-refractivity contribution is 1.04. The van der Waals surface area contributed by atoms with Gasteiger partial charge in [-0.3, -0.25) is 0 Å². The molecule has 0 fully saturated rings. The van der Waals surface area contributed by atoms with Gasteiger partial charge in [0.05, 0.1) is 11.4 Å². The topological polar surface area (TPSA) is 54.7 Å². The molecule has 1 aromatic carbocycles. The Hall–Kier alpha value is -2.21. The number of nitriles is 1. The normalized spacial score (nSPS) is 9.87. The predicted octanol–water partition coefficient (Wildman–Crippen LogP) is 2.24. The number of nitrogens with zero attached hydrogens (tertiary/aromatic N) is 2. The molecule has 0 atom stereocenters. The Morgan fingerprint density at radius 3 is 2.73 bits per heavy atom. The van der Waals surface area contributed by atoms with Crippen LogP contribution in [-0.4, -0.2) is 4.57 Å². The average molecular weight is 197 g/mol. The van der Waals surface area contributed by atoms with E-state index in [1.807, 2.05) is 42.0 Å². The van der Waals surface area contributed by atoms with E-state index in [1.54, 1.807) is 6.07 Å². The maximum absolute atomic E-state index is 8.94. The summed E-state index contributed by atoms with van der Waals surface area (Å²) in [6, 6.07) is 11.5. The molecular weight excluding hydrogens is 186 g/mol. The molecule has 3 nitrogen and oxygen atoms in total. The first-order valence-corrected chi connectivity index (χ1v) is 4.67. The number of anilines is 1. The van der Waals surface area contributed by atoms with Gasteiger partial charge in [-0.25, -0.2) is 0 Å². The second kappa shape index (κ2) is 3.50. The summed E-state index contributed by atoms with van der Waals surface area (Å²) in [5.41, 5.74) is 9.13. The van der Waals surface area contributed by atoms with Crippen molar-refractivity contribution in [3.05, 3.63) is 47.8 Å². The van der Waals surface area contributed by atoms with E-state index in [1.165, 1.54) is 0 Å². The Labute approximate surface area is 88.4 Å². The lowest BCUT2D eigenvalue weighted by Crippen LogP contribution is -2.02. The van der Waals surface area contributed by atoms with Crippen LogP contribution < -0.4 is 5.73 Å². The van der Waals surface area contributed by atoms with Crippen LogP contribution in [0.25, 0.3) is 5.69 Å². The lowest BCUT2D eigenvalue weighted by Gasteiger charge is -2.11. The Balaban J connectivity index is 2.70. The maximum Gasteiger partial charge on any atom is 0.124 e. The number of nitrogen functional groups attached to an aromatic ring is 1. The highest BCUT2D eigenvalue weighted by atomic mass is 15.0. The van der Waals surface area contributed by atoms with Gasteiger partial charge < -0.3 is 10.3 Å². The van der Waals surface area contributed by atoms with Crippen molar-refractivity contribution >= 4 is 5.69 Å². The third-order valence-corrected chi connectivity index (χ3v) is 2.37. The molecule has 0 spiro atoms. The van der Waals surface area contributed by atoms with Gasteiger partial charge in [0.25, 0.3) is 0 Å². The Bertz CT molecular complexity index is 512. The third kappa shape index (κ3) is 1.46. The zero-order chi connectivity index (χ0) is 10.8. The highest BCUT2D eigenvalue weighted by molar-refractivity contribution is 5.63. The second-order valence-electron chi connectivity index (χ2n) is 3.39. The fourth-order valence-corrected chi connectivity index (χ4v) is 1.68. The molecule has 3 heteroatoms. The number of nitrogens with two attached hydrogens (primary N) is 1. The number of aryl methyl sites for hydroxylation is 1. The van der Waals surface area contributed by atoms with Crippen LogP contribution in [0.4, 0.5) is 5.69 Å². The highest BCUT2D eigenvalue weighted by Gasteiger charge is 2.07. The van der Waals surface area contributed by atoms with Crippen molar-refractivity contribution in [3.8, 4) is 11.8 Å². The van der Waals surface area contributed by atoms with E-state index in [-0.39, 0.29) is 0 Å². The summed E-state index contributed by atoms with van der Waals surface area (Å²) < 4.78 is 1.81. The minimum atomic E-state index is 0.594. The minimum absolute atomic E-state index is 0.594. The molecule has 2 N–H and O–H groups in total. The van der Waals surface area contributed by atoms with Gasteiger partial charge in [0.1, 0.15) is 11.8 Å². The molecule has 0 aliphatic carbocycles. The first kappa shape index (κ1) is 9.35. The fourth-order valence-electron chi connectivity index (χ4n) is 1.68. The number of aromatic nitrogens is 1. The molecule has 0 aliphatic heterocycles. The first-order chi connectivity index (χ1) is 7.24. The quantitative estimate of drug-likeness (QED) is 0.713. The van der Waals surface area contributed by atoms with Gasteiger partial charge in [0, 0.05) is 6.20 Å². The van der Waals surface area contributed by atoms with Gasteiger partial charge in [-0.2, -0.15) is 5.26 Å². The smallest absolute Gasteiger partial charge is 0.124 e. The molecule has 0 unspecified atom stereocenters. The monoisotopic (exact) mass is 197 g/mol. The third-order valence-electron chi connectivity index (χ3n) is 2.37. The van der Waals surface area contributed by atoms with E-state index in [0.717, 1.165) is 11.3 Å².